The Morgan fingerprint density at radius 3 is 2.88 bits per heavy atom. The van der Waals surface area contributed by atoms with Crippen LogP contribution in [-0.4, -0.2) is 54.5 Å². The minimum Gasteiger partial charge on any atom is -0.470 e. The molecule has 7 heteroatoms. The minimum atomic E-state index is -3.58. The Labute approximate surface area is 146 Å². The summed E-state index contributed by atoms with van der Waals surface area (Å²) in [5, 5.41) is 2.50. The highest BCUT2D eigenvalue weighted by Crippen LogP contribution is 2.43. The molecule has 1 saturated carbocycles. The molecular weight excluding hydrogens is 328 g/mol. The topological polar surface area (TPSA) is 54.5 Å². The first-order valence-corrected chi connectivity index (χ1v) is 8.82. The highest BCUT2D eigenvalue weighted by atomic mass is 19.3. The molecule has 1 saturated heterocycles. The molecule has 138 valence electrons. The van der Waals surface area contributed by atoms with Gasteiger partial charge in [-0.2, -0.15) is 8.78 Å². The van der Waals surface area contributed by atoms with Crippen molar-refractivity contribution in [3.05, 3.63) is 23.9 Å². The monoisotopic (exact) mass is 353 g/mol. The van der Waals surface area contributed by atoms with Gasteiger partial charge in [0.15, 0.2) is 6.61 Å². The quantitative estimate of drug-likeness (QED) is 0.853. The molecule has 0 radical (unpaired) electrons. The van der Waals surface area contributed by atoms with E-state index in [1.165, 1.54) is 6.20 Å². The molecule has 5 nitrogen and oxygen atoms in total. The highest BCUT2D eigenvalue weighted by Gasteiger charge is 2.42. The van der Waals surface area contributed by atoms with E-state index in [2.05, 4.69) is 15.2 Å². The summed E-state index contributed by atoms with van der Waals surface area (Å²) in [6.45, 7) is 2.55. The molecule has 3 rings (SSSR count). The first-order chi connectivity index (χ1) is 11.9. The Morgan fingerprint density at radius 2 is 2.20 bits per heavy atom. The second-order valence-electron chi connectivity index (χ2n) is 7.27. The second-order valence-corrected chi connectivity index (χ2v) is 7.27. The third-order valence-corrected chi connectivity index (χ3v) is 4.96. The van der Waals surface area contributed by atoms with Crippen LogP contribution in [0.15, 0.2) is 18.3 Å². The number of carbonyl (C=O) groups is 1. The zero-order valence-electron chi connectivity index (χ0n) is 14.7. The van der Waals surface area contributed by atoms with Crippen LogP contribution in [-0.2, 0) is 4.79 Å². The molecule has 2 fully saturated rings. The van der Waals surface area contributed by atoms with Crippen molar-refractivity contribution in [3.8, 4) is 5.88 Å². The zero-order valence-corrected chi connectivity index (χ0v) is 14.7. The van der Waals surface area contributed by atoms with Crippen LogP contribution in [0.5, 0.6) is 5.88 Å². The van der Waals surface area contributed by atoms with Gasteiger partial charge in [-0.05, 0) is 50.8 Å². The molecule has 0 bridgehead atoms. The summed E-state index contributed by atoms with van der Waals surface area (Å²) in [4.78, 5) is 18.2. The number of hydrogen-bond acceptors (Lipinski definition) is 4. The Hall–Kier alpha value is -1.76. The van der Waals surface area contributed by atoms with E-state index in [1.54, 1.807) is 6.07 Å². The summed E-state index contributed by atoms with van der Waals surface area (Å²) in [7, 11) is 1.99. The van der Waals surface area contributed by atoms with Gasteiger partial charge >= 0.3 is 5.92 Å². The SMILES string of the molecule is C[C@@H]1CN(C)CC[C@H]1NC(=O)C(F)(F)COc1ncccc1C1CC1. The van der Waals surface area contributed by atoms with Crippen LogP contribution in [0, 0.1) is 5.92 Å². The standard InChI is InChI=1S/C18H25F2N3O2/c1-12-10-23(2)9-7-15(12)22-17(24)18(19,20)11-25-16-14(13-5-6-13)4-3-8-21-16/h3-4,8,12-13,15H,5-7,9-11H2,1-2H3,(H,22,24)/t12-,15-/m1/s1. The van der Waals surface area contributed by atoms with E-state index in [9.17, 15) is 13.6 Å². The maximum atomic E-state index is 14.2. The van der Waals surface area contributed by atoms with Crippen LogP contribution < -0.4 is 10.1 Å². The van der Waals surface area contributed by atoms with Gasteiger partial charge in [-0.25, -0.2) is 4.98 Å². The summed E-state index contributed by atoms with van der Waals surface area (Å²) in [5.74, 6) is -4.16. The lowest BCUT2D eigenvalue weighted by Gasteiger charge is -2.35. The van der Waals surface area contributed by atoms with Crippen molar-refractivity contribution in [2.75, 3.05) is 26.7 Å². The number of carbonyl (C=O) groups excluding carboxylic acids is 1. The van der Waals surface area contributed by atoms with Crippen molar-refractivity contribution >= 4 is 5.91 Å². The van der Waals surface area contributed by atoms with Gasteiger partial charge in [0, 0.05) is 24.3 Å². The van der Waals surface area contributed by atoms with Gasteiger partial charge in [-0.3, -0.25) is 4.79 Å². The molecule has 25 heavy (non-hydrogen) atoms. The fraction of sp³-hybridized carbons (Fsp3) is 0.667. The van der Waals surface area contributed by atoms with Gasteiger partial charge in [-0.1, -0.05) is 13.0 Å². The van der Waals surface area contributed by atoms with E-state index < -0.39 is 18.4 Å². The van der Waals surface area contributed by atoms with Crippen LogP contribution in [0.1, 0.15) is 37.7 Å². The van der Waals surface area contributed by atoms with E-state index >= 15 is 0 Å². The summed E-state index contributed by atoms with van der Waals surface area (Å²) in [5.41, 5.74) is 0.850. The maximum absolute atomic E-state index is 14.2. The first-order valence-electron chi connectivity index (χ1n) is 8.82. The Bertz CT molecular complexity index is 622. The molecule has 2 atom stereocenters. The number of alkyl halides is 2. The number of likely N-dealkylation sites (tertiary alicyclic amines) is 1. The number of aromatic nitrogens is 1. The second kappa shape index (κ2) is 7.23. The van der Waals surface area contributed by atoms with Gasteiger partial charge in [-0.15, -0.1) is 0 Å². The predicted octanol–water partition coefficient (Wildman–Crippen LogP) is 2.43. The number of rotatable bonds is 6. The molecule has 2 heterocycles. The number of piperidine rings is 1. The molecule has 1 aromatic heterocycles. The zero-order chi connectivity index (χ0) is 18.0. The molecule has 1 aliphatic heterocycles. The summed E-state index contributed by atoms with van der Waals surface area (Å²) in [6.07, 6.45) is 4.23. The van der Waals surface area contributed by atoms with Crippen molar-refractivity contribution in [2.24, 2.45) is 5.92 Å². The van der Waals surface area contributed by atoms with Gasteiger partial charge in [0.05, 0.1) is 0 Å². The van der Waals surface area contributed by atoms with Crippen molar-refractivity contribution in [1.82, 2.24) is 15.2 Å². The number of pyridine rings is 1. The van der Waals surface area contributed by atoms with E-state index in [0.29, 0.717) is 12.3 Å². The minimum absolute atomic E-state index is 0.136. The van der Waals surface area contributed by atoms with E-state index in [0.717, 1.165) is 31.5 Å². The number of halogens is 2. The van der Waals surface area contributed by atoms with Crippen molar-refractivity contribution in [2.45, 2.75) is 44.1 Å². The van der Waals surface area contributed by atoms with Crippen LogP contribution in [0.4, 0.5) is 8.78 Å². The molecular formula is C18H25F2N3O2. The number of ether oxygens (including phenoxy) is 1. The lowest BCUT2D eigenvalue weighted by Crippen LogP contribution is -2.54. The number of amides is 1. The first kappa shape index (κ1) is 18.0. The molecule has 2 aliphatic rings. The third-order valence-electron chi connectivity index (χ3n) is 4.96. The fourth-order valence-corrected chi connectivity index (χ4v) is 3.30. The summed E-state index contributed by atoms with van der Waals surface area (Å²) in [6, 6.07) is 3.39. The Balaban J connectivity index is 1.57. The predicted molar refractivity (Wildman–Crippen MR) is 89.9 cm³/mol. The van der Waals surface area contributed by atoms with Gasteiger partial charge < -0.3 is 15.0 Å². The average molecular weight is 353 g/mol. The molecule has 1 N–H and O–H groups in total. The van der Waals surface area contributed by atoms with Gasteiger partial charge in [0.25, 0.3) is 5.91 Å². The van der Waals surface area contributed by atoms with E-state index in [4.69, 9.17) is 4.74 Å². The lowest BCUT2D eigenvalue weighted by molar-refractivity contribution is -0.151. The molecule has 1 aromatic rings. The highest BCUT2D eigenvalue weighted by molar-refractivity contribution is 5.83. The van der Waals surface area contributed by atoms with Crippen LogP contribution in [0.3, 0.4) is 0 Å². The Kier molecular flexibility index (Phi) is 5.22. The smallest absolute Gasteiger partial charge is 0.357 e. The largest absolute Gasteiger partial charge is 0.470 e. The molecule has 0 unspecified atom stereocenters. The van der Waals surface area contributed by atoms with Gasteiger partial charge in [0.2, 0.25) is 5.88 Å². The van der Waals surface area contributed by atoms with E-state index in [-0.39, 0.29) is 17.8 Å². The summed E-state index contributed by atoms with van der Waals surface area (Å²) >= 11 is 0. The van der Waals surface area contributed by atoms with Crippen LogP contribution >= 0.6 is 0 Å². The number of hydrogen-bond donors (Lipinski definition) is 1. The molecule has 1 amide bonds. The van der Waals surface area contributed by atoms with Crippen LogP contribution in [0.25, 0.3) is 0 Å². The van der Waals surface area contributed by atoms with Gasteiger partial charge in [0.1, 0.15) is 0 Å². The van der Waals surface area contributed by atoms with Crippen molar-refractivity contribution in [1.29, 1.82) is 0 Å². The average Bonchev–Trinajstić information content (AvgIpc) is 3.40. The van der Waals surface area contributed by atoms with Crippen molar-refractivity contribution < 1.29 is 18.3 Å². The third kappa shape index (κ3) is 4.45. The molecule has 0 aromatic carbocycles. The summed E-state index contributed by atoms with van der Waals surface area (Å²) < 4.78 is 33.7. The fourth-order valence-electron chi connectivity index (χ4n) is 3.30. The maximum Gasteiger partial charge on any atom is 0.357 e. The molecule has 0 spiro atoms. The number of nitrogens with zero attached hydrogens (tertiary/aromatic N) is 2. The normalized spacial score (nSPS) is 24.8. The lowest BCUT2D eigenvalue weighted by atomic mass is 9.94. The molecule has 1 aliphatic carbocycles. The van der Waals surface area contributed by atoms with Crippen LogP contribution in [0.2, 0.25) is 0 Å². The number of nitrogens with one attached hydrogen (secondary N) is 1. The Morgan fingerprint density at radius 1 is 1.44 bits per heavy atom. The van der Waals surface area contributed by atoms with Crippen molar-refractivity contribution in [3.63, 3.8) is 0 Å². The van der Waals surface area contributed by atoms with E-state index in [1.807, 2.05) is 20.0 Å².